The summed E-state index contributed by atoms with van der Waals surface area (Å²) in [5, 5.41) is 3.53. The maximum absolute atomic E-state index is 14.3. The van der Waals surface area contributed by atoms with Gasteiger partial charge in [0.15, 0.2) is 14.4 Å². The molecule has 1 fully saturated rings. The third kappa shape index (κ3) is 6.46. The molecule has 2 unspecified atom stereocenters. The van der Waals surface area contributed by atoms with Crippen molar-refractivity contribution in [1.29, 1.82) is 0 Å². The molecule has 1 heterocycles. The van der Waals surface area contributed by atoms with Gasteiger partial charge in [-0.3, -0.25) is 0 Å². The highest BCUT2D eigenvalue weighted by atomic mass is 28.4. The second-order valence-electron chi connectivity index (χ2n) is 12.9. The van der Waals surface area contributed by atoms with E-state index in [2.05, 4.69) is 50.9 Å². The molecular formula is C30H42F3N3O2Si. The van der Waals surface area contributed by atoms with Gasteiger partial charge in [-0.2, -0.15) is 13.2 Å². The molecule has 2 aliphatic rings. The molecule has 2 atom stereocenters. The van der Waals surface area contributed by atoms with Crippen molar-refractivity contribution in [3.05, 3.63) is 65.2 Å². The summed E-state index contributed by atoms with van der Waals surface area (Å²) in [6.45, 7) is 13.5. The number of hydrogen-bond acceptors (Lipinski definition) is 3. The molecule has 2 aromatic carbocycles. The molecule has 214 valence electrons. The quantitative estimate of drug-likeness (QED) is 0.375. The first-order chi connectivity index (χ1) is 18.0. The maximum atomic E-state index is 14.3. The van der Waals surface area contributed by atoms with E-state index in [-0.39, 0.29) is 22.6 Å². The van der Waals surface area contributed by atoms with Crippen LogP contribution >= 0.6 is 0 Å². The highest BCUT2D eigenvalue weighted by molar-refractivity contribution is 6.69. The standard InChI is InChI=1S/C30H42F3N3O2Si/c1-28(2)24-11-9-8-10-22(24)20-25(28)34-23-14-12-21(13-15-23)26(30(31,32)33)35(4)27(37)36-18-16-29(3,17-19-36)38-39(5,6)7/h8-15,25-26,34H,16-20H2,1-7H3. The Kier molecular flexibility index (Phi) is 7.91. The Bertz CT molecular complexity index is 1170. The minimum absolute atomic E-state index is 0.0433. The minimum Gasteiger partial charge on any atom is -0.412 e. The first-order valence-electron chi connectivity index (χ1n) is 13.7. The highest BCUT2D eigenvalue weighted by Gasteiger charge is 2.47. The van der Waals surface area contributed by atoms with E-state index in [4.69, 9.17) is 4.43 Å². The number of nitrogens with one attached hydrogen (secondary N) is 1. The highest BCUT2D eigenvalue weighted by Crippen LogP contribution is 2.41. The first-order valence-corrected chi connectivity index (χ1v) is 17.1. The van der Waals surface area contributed by atoms with E-state index < -0.39 is 26.6 Å². The molecule has 2 amide bonds. The number of piperidine rings is 1. The Morgan fingerprint density at radius 1 is 1.05 bits per heavy atom. The Labute approximate surface area is 231 Å². The van der Waals surface area contributed by atoms with Gasteiger partial charge in [0.25, 0.3) is 0 Å². The molecule has 0 saturated carbocycles. The van der Waals surface area contributed by atoms with Crippen LogP contribution in [0.25, 0.3) is 0 Å². The SMILES string of the molecule is CN(C(=O)N1CCC(C)(O[Si](C)(C)C)CC1)C(c1ccc(NC2Cc3ccccc3C2(C)C)cc1)C(F)(F)F. The van der Waals surface area contributed by atoms with E-state index in [0.717, 1.165) is 17.0 Å². The number of rotatable bonds is 6. The Morgan fingerprint density at radius 2 is 1.64 bits per heavy atom. The van der Waals surface area contributed by atoms with Crippen LogP contribution in [-0.2, 0) is 16.3 Å². The summed E-state index contributed by atoms with van der Waals surface area (Å²) in [6.07, 6.45) is -2.55. The largest absolute Gasteiger partial charge is 0.413 e. The van der Waals surface area contributed by atoms with Gasteiger partial charge in [0.1, 0.15) is 0 Å². The van der Waals surface area contributed by atoms with Crippen molar-refractivity contribution in [2.24, 2.45) is 0 Å². The van der Waals surface area contributed by atoms with Gasteiger partial charge in [0.05, 0.1) is 5.60 Å². The predicted molar refractivity (Wildman–Crippen MR) is 153 cm³/mol. The Hall–Kier alpha value is -2.52. The average molecular weight is 562 g/mol. The van der Waals surface area contributed by atoms with Gasteiger partial charge in [-0.25, -0.2) is 4.79 Å². The molecule has 2 aromatic rings. The van der Waals surface area contributed by atoms with Crippen molar-refractivity contribution in [1.82, 2.24) is 9.80 Å². The summed E-state index contributed by atoms with van der Waals surface area (Å²) in [5.74, 6) is 0. The zero-order chi connectivity index (χ0) is 28.8. The van der Waals surface area contributed by atoms with E-state index in [1.807, 2.05) is 19.1 Å². The number of urea groups is 1. The third-order valence-corrected chi connectivity index (χ3v) is 9.32. The molecule has 0 bridgehead atoms. The number of benzene rings is 2. The fraction of sp³-hybridized carbons (Fsp3) is 0.567. The van der Waals surface area contributed by atoms with Crippen molar-refractivity contribution in [3.63, 3.8) is 0 Å². The fourth-order valence-corrected chi connectivity index (χ4v) is 7.84. The van der Waals surface area contributed by atoms with E-state index in [1.165, 1.54) is 35.2 Å². The fourth-order valence-electron chi connectivity index (χ4n) is 6.16. The van der Waals surface area contributed by atoms with Gasteiger partial charge in [-0.1, -0.05) is 50.2 Å². The number of alkyl halides is 3. The number of hydrogen-bond donors (Lipinski definition) is 1. The van der Waals surface area contributed by atoms with Crippen molar-refractivity contribution < 1.29 is 22.4 Å². The predicted octanol–water partition coefficient (Wildman–Crippen LogP) is 7.36. The second kappa shape index (κ2) is 10.5. The summed E-state index contributed by atoms with van der Waals surface area (Å²) in [6, 6.07) is 12.2. The summed E-state index contributed by atoms with van der Waals surface area (Å²) < 4.78 is 49.3. The number of amides is 2. The molecule has 0 aromatic heterocycles. The van der Waals surface area contributed by atoms with E-state index in [0.29, 0.717) is 25.9 Å². The molecule has 0 radical (unpaired) electrons. The van der Waals surface area contributed by atoms with Crippen molar-refractivity contribution in [2.75, 3.05) is 25.5 Å². The zero-order valence-corrected chi connectivity index (χ0v) is 25.2. The molecule has 4 rings (SSSR count). The molecular weight excluding hydrogens is 519 g/mol. The topological polar surface area (TPSA) is 44.8 Å². The van der Waals surface area contributed by atoms with Crippen LogP contribution < -0.4 is 5.32 Å². The Balaban J connectivity index is 1.45. The van der Waals surface area contributed by atoms with Crippen LogP contribution in [-0.4, -0.2) is 62.1 Å². The summed E-state index contributed by atoms with van der Waals surface area (Å²) >= 11 is 0. The number of anilines is 1. The monoisotopic (exact) mass is 561 g/mol. The average Bonchev–Trinajstić information content (AvgIpc) is 3.07. The van der Waals surface area contributed by atoms with Gasteiger partial charge >= 0.3 is 12.2 Å². The maximum Gasteiger partial charge on any atom is 0.413 e. The van der Waals surface area contributed by atoms with Gasteiger partial charge in [0, 0.05) is 37.3 Å². The molecule has 1 saturated heterocycles. The molecule has 1 N–H and O–H groups in total. The zero-order valence-electron chi connectivity index (χ0n) is 24.2. The van der Waals surface area contributed by atoms with Crippen LogP contribution in [0.15, 0.2) is 48.5 Å². The second-order valence-corrected chi connectivity index (χ2v) is 17.3. The van der Waals surface area contributed by atoms with Gasteiger partial charge in [-0.05, 0) is 74.7 Å². The van der Waals surface area contributed by atoms with Crippen LogP contribution in [0.3, 0.4) is 0 Å². The van der Waals surface area contributed by atoms with Gasteiger partial charge in [0.2, 0.25) is 0 Å². The molecule has 0 spiro atoms. The number of halogens is 3. The lowest BCUT2D eigenvalue weighted by atomic mass is 9.83. The lowest BCUT2D eigenvalue weighted by Gasteiger charge is -2.44. The van der Waals surface area contributed by atoms with Crippen LogP contribution in [0.5, 0.6) is 0 Å². The number of carbonyl (C=O) groups excluding carboxylic acids is 1. The third-order valence-electron chi connectivity index (χ3n) is 8.22. The summed E-state index contributed by atoms with van der Waals surface area (Å²) in [5.41, 5.74) is 2.93. The molecule has 1 aliphatic heterocycles. The first kappa shape index (κ1) is 29.5. The number of likely N-dealkylation sites (tertiary alicyclic amines) is 1. The minimum atomic E-state index is -4.61. The van der Waals surface area contributed by atoms with Crippen LogP contribution in [0, 0.1) is 0 Å². The number of carbonyl (C=O) groups is 1. The lowest BCUT2D eigenvalue weighted by molar-refractivity contribution is -0.177. The van der Waals surface area contributed by atoms with E-state index in [1.54, 1.807) is 12.1 Å². The van der Waals surface area contributed by atoms with Crippen molar-refractivity contribution in [3.8, 4) is 0 Å². The molecule has 9 heteroatoms. The van der Waals surface area contributed by atoms with Crippen LogP contribution in [0.2, 0.25) is 19.6 Å². The normalized spacial score (nSPS) is 21.3. The Morgan fingerprint density at radius 3 is 2.18 bits per heavy atom. The van der Waals surface area contributed by atoms with E-state index >= 15 is 0 Å². The number of nitrogens with zero attached hydrogens (tertiary/aromatic N) is 2. The van der Waals surface area contributed by atoms with Gasteiger partial charge in [-0.15, -0.1) is 0 Å². The molecule has 1 aliphatic carbocycles. The van der Waals surface area contributed by atoms with Gasteiger partial charge < -0.3 is 19.5 Å². The van der Waals surface area contributed by atoms with Crippen LogP contribution in [0.4, 0.5) is 23.7 Å². The van der Waals surface area contributed by atoms with Crippen LogP contribution in [0.1, 0.15) is 56.3 Å². The number of fused-ring (bicyclic) bond motifs is 1. The summed E-state index contributed by atoms with van der Waals surface area (Å²) in [4.78, 5) is 15.6. The molecule has 5 nitrogen and oxygen atoms in total. The van der Waals surface area contributed by atoms with Crippen molar-refractivity contribution in [2.45, 2.75) is 89.0 Å². The lowest BCUT2D eigenvalue weighted by Crippen LogP contribution is -2.54. The van der Waals surface area contributed by atoms with Crippen molar-refractivity contribution >= 4 is 20.0 Å². The molecule has 39 heavy (non-hydrogen) atoms. The van der Waals surface area contributed by atoms with E-state index in [9.17, 15) is 18.0 Å². The smallest absolute Gasteiger partial charge is 0.412 e. The summed E-state index contributed by atoms with van der Waals surface area (Å²) in [7, 11) is -0.537.